The molecule has 3 aromatic rings. The van der Waals surface area contributed by atoms with Crippen LogP contribution in [0.15, 0.2) is 91.0 Å². The largest absolute Gasteiger partial charge is 0.449 e. The third-order valence-electron chi connectivity index (χ3n) is 5.68. The molecule has 0 aromatic heterocycles. The fourth-order valence-corrected chi connectivity index (χ4v) is 3.38. The van der Waals surface area contributed by atoms with Crippen LogP contribution in [0.1, 0.15) is 57.2 Å². The average molecular weight is 669 g/mol. The van der Waals surface area contributed by atoms with Crippen LogP contribution in [-0.2, 0) is 33.6 Å². The Morgan fingerprint density at radius 2 is 1.00 bits per heavy atom. The van der Waals surface area contributed by atoms with E-state index in [0.29, 0.717) is 19.3 Å². The lowest BCUT2D eigenvalue weighted by atomic mass is 10.1. The van der Waals surface area contributed by atoms with Crippen LogP contribution >= 0.6 is 24.1 Å². The molecule has 0 aliphatic carbocycles. The topological polar surface area (TPSA) is 83.8 Å². The molecule has 4 radical (unpaired) electrons. The van der Waals surface area contributed by atoms with E-state index in [4.69, 9.17) is 41.3 Å². The number of esters is 1. The van der Waals surface area contributed by atoms with Crippen molar-refractivity contribution in [2.24, 2.45) is 0 Å². The second kappa shape index (κ2) is 33.6. The molecule has 0 saturated heterocycles. The van der Waals surface area contributed by atoms with Crippen LogP contribution in [0, 0.1) is 37.0 Å². The van der Waals surface area contributed by atoms with Gasteiger partial charge in [-0.1, -0.05) is 116 Å². The van der Waals surface area contributed by atoms with Gasteiger partial charge in [0.25, 0.3) is 0 Å². The smallest absolute Gasteiger partial charge is 0.303 e. The minimum atomic E-state index is -0.606. The number of terminal acetylenes is 3. The van der Waals surface area contributed by atoms with Crippen LogP contribution in [0.25, 0.3) is 0 Å². The SMILES string of the molecule is C.C#CC(O)CCc1ccccc1.C#C[C@@H](O)CCc1ccccc1.C#C[C@H](CCc1ccccc1)OC(C)=O.[B]S.[B]SC(C)=O. The van der Waals surface area contributed by atoms with Crippen molar-refractivity contribution >= 4 is 49.4 Å². The molecule has 3 atom stereocenters. The summed E-state index contributed by atoms with van der Waals surface area (Å²) < 4.78 is 4.95. The monoisotopic (exact) mass is 668 g/mol. The van der Waals surface area contributed by atoms with Gasteiger partial charge in [-0.05, 0) is 55.2 Å². The van der Waals surface area contributed by atoms with Crippen molar-refractivity contribution in [3.05, 3.63) is 108 Å². The van der Waals surface area contributed by atoms with Crippen LogP contribution < -0.4 is 0 Å². The van der Waals surface area contributed by atoms with Gasteiger partial charge in [0, 0.05) is 13.8 Å². The van der Waals surface area contributed by atoms with Gasteiger partial charge in [0.1, 0.15) is 12.2 Å². The minimum Gasteiger partial charge on any atom is -0.449 e. The lowest BCUT2D eigenvalue weighted by Crippen LogP contribution is -2.14. The summed E-state index contributed by atoms with van der Waals surface area (Å²) in [4.78, 5) is 20.4. The zero-order chi connectivity index (χ0) is 35.0. The highest BCUT2D eigenvalue weighted by molar-refractivity contribution is 8.31. The Morgan fingerprint density at radius 1 is 0.702 bits per heavy atom. The molecule has 0 fully saturated rings. The molecule has 0 saturated carbocycles. The molecular formula is C38H46B2O5S2. The maximum absolute atomic E-state index is 10.7. The first-order valence-electron chi connectivity index (χ1n) is 14.3. The number of benzene rings is 3. The van der Waals surface area contributed by atoms with Crippen molar-refractivity contribution in [2.75, 3.05) is 0 Å². The third kappa shape index (κ3) is 30.6. The normalized spacial score (nSPS) is 10.7. The van der Waals surface area contributed by atoms with Crippen LogP contribution in [0.4, 0.5) is 0 Å². The Labute approximate surface area is 295 Å². The zero-order valence-corrected chi connectivity index (χ0v) is 28.2. The predicted octanol–water partition coefficient (Wildman–Crippen LogP) is 6.40. The van der Waals surface area contributed by atoms with Crippen LogP contribution in [0.2, 0.25) is 0 Å². The summed E-state index contributed by atoms with van der Waals surface area (Å²) in [6.45, 7) is 2.79. The summed E-state index contributed by atoms with van der Waals surface area (Å²) in [7, 11) is 8.93. The standard InChI is InChI=1S/C13H14O2.2C11H12O.C2H3BOS.CH4.BHS/c1-3-13(15-11(2)14)10-9-12-7-5-4-6-8-12;2*1-2-11(12)9-8-10-6-4-3-5-7-10;1-2(4)5-3;;1-2/h1,4-8,13H,9-10H2,2H3;2*1,3-7,11-12H,8-9H2;1H3;1H4;2H/t13-;11-;;;;/m11..../s1. The second-order valence-corrected chi connectivity index (χ2v) is 10.1. The fourth-order valence-electron chi connectivity index (χ4n) is 3.38. The molecule has 0 aliphatic rings. The van der Waals surface area contributed by atoms with E-state index < -0.39 is 18.3 Å². The van der Waals surface area contributed by atoms with Gasteiger partial charge in [-0.2, -0.15) is 11.6 Å². The number of thiol groups is 1. The van der Waals surface area contributed by atoms with E-state index in [2.05, 4.69) is 37.4 Å². The van der Waals surface area contributed by atoms with Crippen molar-refractivity contribution in [1.29, 1.82) is 0 Å². The van der Waals surface area contributed by atoms with Gasteiger partial charge >= 0.3 is 5.97 Å². The van der Waals surface area contributed by atoms with E-state index in [1.165, 1.54) is 30.5 Å². The highest BCUT2D eigenvalue weighted by Crippen LogP contribution is 2.07. The van der Waals surface area contributed by atoms with Gasteiger partial charge in [-0.25, -0.2) is 12.5 Å². The lowest BCUT2D eigenvalue weighted by molar-refractivity contribution is -0.143. The van der Waals surface area contributed by atoms with E-state index in [0.717, 1.165) is 30.9 Å². The van der Waals surface area contributed by atoms with Gasteiger partial charge in [0.15, 0.2) is 25.5 Å². The number of aliphatic hydroxyl groups is 2. The second-order valence-electron chi connectivity index (χ2n) is 9.31. The summed E-state index contributed by atoms with van der Waals surface area (Å²) >= 11 is 3.77. The summed E-state index contributed by atoms with van der Waals surface area (Å²) in [5, 5.41) is 18.1. The molecule has 2 N–H and O–H groups in total. The summed E-state index contributed by atoms with van der Waals surface area (Å²) in [6.07, 6.45) is 18.2. The van der Waals surface area contributed by atoms with Gasteiger partial charge in [0.2, 0.25) is 0 Å². The highest BCUT2D eigenvalue weighted by atomic mass is 32.2. The summed E-state index contributed by atoms with van der Waals surface area (Å²) in [6, 6.07) is 30.0. The third-order valence-corrected chi connectivity index (χ3v) is 6.01. The number of rotatable bonds is 10. The van der Waals surface area contributed by atoms with Crippen molar-refractivity contribution in [3.63, 3.8) is 0 Å². The molecule has 47 heavy (non-hydrogen) atoms. The molecule has 3 aromatic carbocycles. The Balaban J connectivity index is -0.000000560. The predicted molar refractivity (Wildman–Crippen MR) is 204 cm³/mol. The molecular weight excluding hydrogens is 622 g/mol. The minimum absolute atomic E-state index is 0. The maximum atomic E-state index is 10.7. The van der Waals surface area contributed by atoms with Crippen LogP contribution in [-0.4, -0.2) is 53.9 Å². The quantitative estimate of drug-likeness (QED) is 0.101. The van der Waals surface area contributed by atoms with Crippen molar-refractivity contribution in [1.82, 2.24) is 0 Å². The van der Waals surface area contributed by atoms with Crippen LogP contribution in [0.3, 0.4) is 0 Å². The zero-order valence-electron chi connectivity index (χ0n) is 26.5. The molecule has 0 bridgehead atoms. The van der Waals surface area contributed by atoms with Crippen LogP contribution in [0.5, 0.6) is 0 Å². The number of carbonyl (C=O) groups excluding carboxylic acids is 2. The first-order valence-corrected chi connectivity index (χ1v) is 15.7. The van der Waals surface area contributed by atoms with Crippen molar-refractivity contribution in [3.8, 4) is 37.0 Å². The molecule has 1 unspecified atom stereocenters. The van der Waals surface area contributed by atoms with Gasteiger partial charge in [-0.3, -0.25) is 9.59 Å². The van der Waals surface area contributed by atoms with E-state index in [9.17, 15) is 9.59 Å². The highest BCUT2D eigenvalue weighted by Gasteiger charge is 2.08. The van der Waals surface area contributed by atoms with E-state index in [-0.39, 0.29) is 18.5 Å². The first-order chi connectivity index (χ1) is 22.1. The summed E-state index contributed by atoms with van der Waals surface area (Å²) in [5.74, 6) is 6.71. The Kier molecular flexibility index (Phi) is 34.0. The number of hydrogen-bond donors (Lipinski definition) is 3. The molecule has 9 heteroatoms. The molecule has 0 heterocycles. The van der Waals surface area contributed by atoms with Gasteiger partial charge in [-0.15, -0.1) is 19.3 Å². The van der Waals surface area contributed by atoms with Crippen molar-refractivity contribution < 1.29 is 24.5 Å². The summed E-state index contributed by atoms with van der Waals surface area (Å²) in [5.41, 5.74) is 3.63. The van der Waals surface area contributed by atoms with E-state index in [1.54, 1.807) is 0 Å². The average Bonchev–Trinajstić information content (AvgIpc) is 3.10. The maximum Gasteiger partial charge on any atom is 0.303 e. The van der Waals surface area contributed by atoms with Gasteiger partial charge < -0.3 is 14.9 Å². The lowest BCUT2D eigenvalue weighted by Gasteiger charge is -2.10. The molecule has 246 valence electrons. The number of aryl methyl sites for hydroxylation is 3. The van der Waals surface area contributed by atoms with Gasteiger partial charge in [0.05, 0.1) is 0 Å². The molecule has 0 amide bonds. The Hall–Kier alpha value is -3.77. The fraction of sp³-hybridized carbons (Fsp3) is 0.316. The Bertz CT molecular complexity index is 1250. The van der Waals surface area contributed by atoms with E-state index in [1.807, 2.05) is 91.0 Å². The molecule has 0 spiro atoms. The molecule has 5 nitrogen and oxygen atoms in total. The number of ether oxygens (including phenoxy) is 1. The molecule has 0 aliphatic heterocycles. The number of hydrogen-bond acceptors (Lipinski definition) is 7. The Morgan fingerprint density at radius 3 is 1.23 bits per heavy atom. The molecule has 3 rings (SSSR count). The first kappa shape index (κ1) is 47.6. The number of aliphatic hydroxyl groups excluding tert-OH is 2. The van der Waals surface area contributed by atoms with E-state index >= 15 is 0 Å². The number of carbonyl (C=O) groups is 2. The van der Waals surface area contributed by atoms with Crippen molar-refractivity contribution in [2.45, 2.75) is 78.1 Å².